The van der Waals surface area contributed by atoms with E-state index < -0.39 is 29.5 Å². The molecule has 3 rings (SSSR count). The van der Waals surface area contributed by atoms with E-state index in [4.69, 9.17) is 0 Å². The monoisotopic (exact) mass is 390 g/mol. The van der Waals surface area contributed by atoms with Crippen molar-refractivity contribution in [2.75, 3.05) is 16.8 Å². The van der Waals surface area contributed by atoms with Gasteiger partial charge in [0.25, 0.3) is 0 Å². The number of benzene rings is 2. The highest BCUT2D eigenvalue weighted by Crippen LogP contribution is 2.38. The molecule has 0 spiro atoms. The Labute approximate surface area is 159 Å². The van der Waals surface area contributed by atoms with Gasteiger partial charge in [-0.05, 0) is 43.3 Å². The molecule has 28 heavy (non-hydrogen) atoms. The maximum absolute atomic E-state index is 13.2. The summed E-state index contributed by atoms with van der Waals surface area (Å²) in [5.41, 5.74) is -0.231. The molecule has 1 aliphatic heterocycles. The van der Waals surface area contributed by atoms with Crippen molar-refractivity contribution in [3.05, 3.63) is 59.7 Å². The first-order valence-corrected chi connectivity index (χ1v) is 8.55. The Kier molecular flexibility index (Phi) is 5.22. The molecule has 1 saturated heterocycles. The summed E-state index contributed by atoms with van der Waals surface area (Å²) in [5.74, 6) is -1.89. The van der Waals surface area contributed by atoms with E-state index >= 15 is 0 Å². The zero-order valence-corrected chi connectivity index (χ0v) is 14.9. The third-order valence-corrected chi connectivity index (χ3v) is 4.56. The zero-order chi connectivity index (χ0) is 20.5. The maximum Gasteiger partial charge on any atom is 0.418 e. The average molecular weight is 390 g/mol. The van der Waals surface area contributed by atoms with Crippen molar-refractivity contribution in [2.24, 2.45) is 5.92 Å². The largest absolute Gasteiger partial charge is 0.418 e. The van der Waals surface area contributed by atoms with Gasteiger partial charge in [-0.25, -0.2) is 0 Å². The fourth-order valence-electron chi connectivity index (χ4n) is 3.10. The number of nitrogens with one attached hydrogen (secondary N) is 1. The van der Waals surface area contributed by atoms with Gasteiger partial charge >= 0.3 is 6.18 Å². The molecule has 1 atom stereocenters. The minimum Gasteiger partial charge on any atom is -0.326 e. The first-order chi connectivity index (χ1) is 13.2. The Morgan fingerprint density at radius 3 is 2.32 bits per heavy atom. The molecule has 1 unspecified atom stereocenters. The van der Waals surface area contributed by atoms with E-state index in [1.54, 1.807) is 24.3 Å². The molecule has 0 bridgehead atoms. The normalized spacial score (nSPS) is 16.9. The number of nitrogens with zero attached hydrogens (tertiary/aromatic N) is 1. The van der Waals surface area contributed by atoms with Crippen LogP contribution in [-0.2, 0) is 15.8 Å². The fourth-order valence-corrected chi connectivity index (χ4v) is 3.10. The van der Waals surface area contributed by atoms with Crippen LogP contribution in [0.1, 0.15) is 29.3 Å². The van der Waals surface area contributed by atoms with Crippen LogP contribution in [0, 0.1) is 5.92 Å². The summed E-state index contributed by atoms with van der Waals surface area (Å²) in [6, 6.07) is 11.0. The van der Waals surface area contributed by atoms with Crippen molar-refractivity contribution >= 4 is 29.0 Å². The summed E-state index contributed by atoms with van der Waals surface area (Å²) >= 11 is 0. The molecule has 2 aromatic carbocycles. The summed E-state index contributed by atoms with van der Waals surface area (Å²) in [6.07, 6.45) is -4.78. The Balaban J connectivity index is 1.74. The van der Waals surface area contributed by atoms with Gasteiger partial charge in [0, 0.05) is 24.2 Å². The Hall–Kier alpha value is -3.16. The molecule has 5 nitrogen and oxygen atoms in total. The minimum absolute atomic E-state index is 0.113. The van der Waals surface area contributed by atoms with Gasteiger partial charge in [0.05, 0.1) is 17.2 Å². The average Bonchev–Trinajstić information content (AvgIpc) is 3.03. The van der Waals surface area contributed by atoms with Gasteiger partial charge in [-0.15, -0.1) is 0 Å². The van der Waals surface area contributed by atoms with Crippen LogP contribution in [0.2, 0.25) is 0 Å². The Morgan fingerprint density at radius 1 is 1.07 bits per heavy atom. The maximum atomic E-state index is 13.2. The first kappa shape index (κ1) is 19.6. The van der Waals surface area contributed by atoms with Crippen LogP contribution in [0.4, 0.5) is 24.5 Å². The predicted molar refractivity (Wildman–Crippen MR) is 97.0 cm³/mol. The predicted octanol–water partition coefficient (Wildman–Crippen LogP) is 3.90. The van der Waals surface area contributed by atoms with Gasteiger partial charge in [0.2, 0.25) is 11.8 Å². The second-order valence-corrected chi connectivity index (χ2v) is 6.54. The molecule has 1 aliphatic rings. The molecular weight excluding hydrogens is 373 g/mol. The minimum atomic E-state index is -4.60. The molecular formula is C20H17F3N2O3. The fraction of sp³-hybridized carbons (Fsp3) is 0.250. The van der Waals surface area contributed by atoms with Crippen molar-refractivity contribution in [1.29, 1.82) is 0 Å². The van der Waals surface area contributed by atoms with Crippen LogP contribution in [0.5, 0.6) is 0 Å². The van der Waals surface area contributed by atoms with E-state index in [2.05, 4.69) is 5.32 Å². The van der Waals surface area contributed by atoms with Crippen molar-refractivity contribution < 1.29 is 27.6 Å². The van der Waals surface area contributed by atoms with E-state index in [-0.39, 0.29) is 24.4 Å². The second kappa shape index (κ2) is 7.46. The number of carbonyl (C=O) groups excluding carboxylic acids is 3. The van der Waals surface area contributed by atoms with Crippen LogP contribution in [0.15, 0.2) is 48.5 Å². The van der Waals surface area contributed by atoms with Crippen LogP contribution in [0.25, 0.3) is 0 Å². The number of alkyl halides is 3. The molecule has 146 valence electrons. The number of anilines is 2. The van der Waals surface area contributed by atoms with Crippen LogP contribution < -0.4 is 10.2 Å². The van der Waals surface area contributed by atoms with E-state index in [0.29, 0.717) is 11.3 Å². The number of Topliss-reactive ketones (excluding diaryl/α,β-unsaturated/α-hetero) is 1. The highest BCUT2D eigenvalue weighted by molar-refractivity contribution is 6.04. The molecule has 0 saturated carbocycles. The topological polar surface area (TPSA) is 66.5 Å². The van der Waals surface area contributed by atoms with Gasteiger partial charge in [-0.3, -0.25) is 14.4 Å². The lowest BCUT2D eigenvalue weighted by Gasteiger charge is -2.21. The zero-order valence-electron chi connectivity index (χ0n) is 14.9. The van der Waals surface area contributed by atoms with Gasteiger partial charge in [-0.1, -0.05) is 12.1 Å². The van der Waals surface area contributed by atoms with Gasteiger partial charge < -0.3 is 10.2 Å². The summed E-state index contributed by atoms with van der Waals surface area (Å²) in [4.78, 5) is 37.0. The van der Waals surface area contributed by atoms with Crippen molar-refractivity contribution in [3.8, 4) is 0 Å². The Morgan fingerprint density at radius 2 is 1.71 bits per heavy atom. The van der Waals surface area contributed by atoms with Crippen molar-refractivity contribution in [2.45, 2.75) is 19.5 Å². The summed E-state index contributed by atoms with van der Waals surface area (Å²) in [6.45, 7) is 1.29. The van der Waals surface area contributed by atoms with Crippen molar-refractivity contribution in [3.63, 3.8) is 0 Å². The molecule has 2 amide bonds. The molecule has 0 aromatic heterocycles. The molecule has 1 N–H and O–H groups in total. The SMILES string of the molecule is CC(=O)c1ccc(NC(=O)C2CC(=O)N(c3ccccc3C(F)(F)F)C2)cc1. The number of para-hydroxylation sites is 1. The van der Waals surface area contributed by atoms with E-state index in [9.17, 15) is 27.6 Å². The number of carbonyl (C=O) groups is 3. The second-order valence-electron chi connectivity index (χ2n) is 6.54. The number of rotatable bonds is 4. The lowest BCUT2D eigenvalue weighted by atomic mass is 10.1. The van der Waals surface area contributed by atoms with Gasteiger partial charge in [0.1, 0.15) is 0 Å². The molecule has 1 heterocycles. The standard InChI is InChI=1S/C20H17F3N2O3/c1-12(26)13-6-8-15(9-7-13)24-19(28)14-10-18(27)25(11-14)17-5-3-2-4-16(17)20(21,22)23/h2-9,14H,10-11H2,1H3,(H,24,28). The lowest BCUT2D eigenvalue weighted by Crippen LogP contribution is -2.29. The number of halogens is 3. The first-order valence-electron chi connectivity index (χ1n) is 8.55. The third-order valence-electron chi connectivity index (χ3n) is 4.56. The molecule has 0 aliphatic carbocycles. The summed E-state index contributed by atoms with van der Waals surface area (Å²) < 4.78 is 39.7. The van der Waals surface area contributed by atoms with E-state index in [0.717, 1.165) is 11.0 Å². The summed E-state index contributed by atoms with van der Waals surface area (Å²) in [7, 11) is 0. The summed E-state index contributed by atoms with van der Waals surface area (Å²) in [5, 5.41) is 2.64. The molecule has 0 radical (unpaired) electrons. The Bertz CT molecular complexity index is 923. The molecule has 1 fully saturated rings. The number of amides is 2. The molecule has 2 aromatic rings. The van der Waals surface area contributed by atoms with Gasteiger partial charge in [-0.2, -0.15) is 13.2 Å². The van der Waals surface area contributed by atoms with Crippen LogP contribution in [0.3, 0.4) is 0 Å². The number of ketones is 1. The lowest BCUT2D eigenvalue weighted by molar-refractivity contribution is -0.137. The third kappa shape index (κ3) is 4.05. The number of hydrogen-bond acceptors (Lipinski definition) is 3. The smallest absolute Gasteiger partial charge is 0.326 e. The number of hydrogen-bond donors (Lipinski definition) is 1. The van der Waals surface area contributed by atoms with Crippen LogP contribution in [-0.4, -0.2) is 24.1 Å². The van der Waals surface area contributed by atoms with E-state index in [1.165, 1.54) is 25.1 Å². The highest BCUT2D eigenvalue weighted by Gasteiger charge is 2.40. The molecule has 8 heteroatoms. The van der Waals surface area contributed by atoms with Crippen LogP contribution >= 0.6 is 0 Å². The van der Waals surface area contributed by atoms with E-state index in [1.807, 2.05) is 0 Å². The highest BCUT2D eigenvalue weighted by atomic mass is 19.4. The van der Waals surface area contributed by atoms with Gasteiger partial charge in [0.15, 0.2) is 5.78 Å². The van der Waals surface area contributed by atoms with Crippen molar-refractivity contribution in [1.82, 2.24) is 0 Å². The quantitative estimate of drug-likeness (QED) is 0.806.